The third-order valence-corrected chi connectivity index (χ3v) is 3.46. The fourth-order valence-corrected chi connectivity index (χ4v) is 2.16. The molecular formula is C19H25N3O4. The van der Waals surface area contributed by atoms with E-state index >= 15 is 0 Å². The van der Waals surface area contributed by atoms with Gasteiger partial charge in [0.05, 0.1) is 0 Å². The number of nitrogens with one attached hydrogen (secondary N) is 1. The molecule has 1 heterocycles. The third kappa shape index (κ3) is 5.91. The molecule has 1 aromatic heterocycles. The Morgan fingerprint density at radius 1 is 1.23 bits per heavy atom. The van der Waals surface area contributed by atoms with Crippen molar-refractivity contribution in [3.8, 4) is 11.3 Å². The zero-order chi connectivity index (χ0) is 19.2. The predicted molar refractivity (Wildman–Crippen MR) is 97.8 cm³/mol. The lowest BCUT2D eigenvalue weighted by Crippen LogP contribution is -2.36. The van der Waals surface area contributed by atoms with E-state index in [1.54, 1.807) is 13.1 Å². The van der Waals surface area contributed by atoms with Gasteiger partial charge in [-0.2, -0.15) is 0 Å². The maximum absolute atomic E-state index is 12.1. The molecule has 0 atom stereocenters. The van der Waals surface area contributed by atoms with Gasteiger partial charge in [-0.3, -0.25) is 4.79 Å². The Hall–Kier alpha value is -2.83. The summed E-state index contributed by atoms with van der Waals surface area (Å²) in [5.74, 6) is 0.233. The van der Waals surface area contributed by atoms with E-state index in [9.17, 15) is 9.59 Å². The van der Waals surface area contributed by atoms with Crippen LogP contribution in [0.4, 0.5) is 4.79 Å². The molecule has 2 amide bonds. The van der Waals surface area contributed by atoms with Gasteiger partial charge in [-0.1, -0.05) is 35.5 Å². The van der Waals surface area contributed by atoms with Crippen LogP contribution < -0.4 is 5.32 Å². The summed E-state index contributed by atoms with van der Waals surface area (Å²) in [5.41, 5.74) is 0.561. The summed E-state index contributed by atoms with van der Waals surface area (Å²) in [6.45, 7) is 6.35. The number of hydrogen-bond acceptors (Lipinski definition) is 5. The first-order valence-corrected chi connectivity index (χ1v) is 8.51. The van der Waals surface area contributed by atoms with Gasteiger partial charge in [0.2, 0.25) is 0 Å². The van der Waals surface area contributed by atoms with Gasteiger partial charge in [-0.25, -0.2) is 4.79 Å². The summed E-state index contributed by atoms with van der Waals surface area (Å²) in [7, 11) is 1.67. The van der Waals surface area contributed by atoms with Crippen molar-refractivity contribution in [1.82, 2.24) is 15.4 Å². The average Bonchev–Trinajstić information content (AvgIpc) is 3.07. The predicted octanol–water partition coefficient (Wildman–Crippen LogP) is 3.33. The minimum absolute atomic E-state index is 0.226. The van der Waals surface area contributed by atoms with Crippen molar-refractivity contribution in [1.29, 1.82) is 0 Å². The van der Waals surface area contributed by atoms with Crippen LogP contribution in [0.2, 0.25) is 0 Å². The molecule has 2 rings (SSSR count). The Morgan fingerprint density at radius 3 is 2.58 bits per heavy atom. The average molecular weight is 359 g/mol. The van der Waals surface area contributed by atoms with Crippen LogP contribution >= 0.6 is 0 Å². The molecule has 2 aromatic rings. The number of benzene rings is 1. The molecule has 7 nitrogen and oxygen atoms in total. The van der Waals surface area contributed by atoms with Gasteiger partial charge < -0.3 is 19.5 Å². The van der Waals surface area contributed by atoms with Gasteiger partial charge in [0.15, 0.2) is 11.5 Å². The summed E-state index contributed by atoms with van der Waals surface area (Å²) in [6, 6.07) is 11.1. The summed E-state index contributed by atoms with van der Waals surface area (Å²) in [6.07, 6.45) is 0.220. The lowest BCUT2D eigenvalue weighted by atomic mass is 10.1. The molecule has 0 aliphatic heterocycles. The molecule has 0 unspecified atom stereocenters. The van der Waals surface area contributed by atoms with E-state index < -0.39 is 5.60 Å². The highest BCUT2D eigenvalue weighted by Gasteiger charge is 2.19. The van der Waals surface area contributed by atoms with Crippen molar-refractivity contribution in [2.45, 2.75) is 32.8 Å². The quantitative estimate of drug-likeness (QED) is 0.800. The Balaban J connectivity index is 1.76. The Bertz CT molecular complexity index is 735. The minimum atomic E-state index is -0.525. The van der Waals surface area contributed by atoms with E-state index in [4.69, 9.17) is 9.26 Å². The normalized spacial score (nSPS) is 11.1. The van der Waals surface area contributed by atoms with E-state index in [0.717, 1.165) is 5.56 Å². The SMILES string of the molecule is CN(CCCNC(=O)c1cc(-c2ccccc2)on1)C(=O)OC(C)(C)C. The smallest absolute Gasteiger partial charge is 0.410 e. The van der Waals surface area contributed by atoms with Crippen LogP contribution in [0.25, 0.3) is 11.3 Å². The van der Waals surface area contributed by atoms with Crippen LogP contribution in [0.3, 0.4) is 0 Å². The minimum Gasteiger partial charge on any atom is -0.444 e. The number of hydrogen-bond donors (Lipinski definition) is 1. The maximum atomic E-state index is 12.1. The standard InChI is InChI=1S/C19H25N3O4/c1-19(2,3)25-18(24)22(4)12-8-11-20-17(23)15-13-16(26-21-15)14-9-6-5-7-10-14/h5-7,9-10,13H,8,11-12H2,1-4H3,(H,20,23). The van der Waals surface area contributed by atoms with Crippen molar-refractivity contribution >= 4 is 12.0 Å². The number of nitrogens with zero attached hydrogens (tertiary/aromatic N) is 2. The Labute approximate surface area is 153 Å². The van der Waals surface area contributed by atoms with Gasteiger partial charge in [-0.15, -0.1) is 0 Å². The molecule has 0 aliphatic carbocycles. The second kappa shape index (κ2) is 8.51. The van der Waals surface area contributed by atoms with Crippen molar-refractivity contribution < 1.29 is 18.8 Å². The zero-order valence-corrected chi connectivity index (χ0v) is 15.6. The van der Waals surface area contributed by atoms with E-state index in [1.165, 1.54) is 4.90 Å². The Kier molecular flexibility index (Phi) is 6.38. The Morgan fingerprint density at radius 2 is 1.92 bits per heavy atom. The first-order valence-electron chi connectivity index (χ1n) is 8.51. The van der Waals surface area contributed by atoms with E-state index in [1.807, 2.05) is 51.1 Å². The van der Waals surface area contributed by atoms with Gasteiger partial charge in [-0.05, 0) is 27.2 Å². The highest BCUT2D eigenvalue weighted by molar-refractivity contribution is 5.93. The second-order valence-corrected chi connectivity index (χ2v) is 6.95. The molecule has 1 aromatic carbocycles. The third-order valence-electron chi connectivity index (χ3n) is 3.46. The molecule has 7 heteroatoms. The molecule has 0 aliphatic rings. The fourth-order valence-electron chi connectivity index (χ4n) is 2.16. The summed E-state index contributed by atoms with van der Waals surface area (Å²) in [4.78, 5) is 25.4. The lowest BCUT2D eigenvalue weighted by molar-refractivity contribution is 0.0297. The van der Waals surface area contributed by atoms with Crippen LogP contribution in [0.15, 0.2) is 40.9 Å². The number of rotatable bonds is 6. The molecule has 140 valence electrons. The topological polar surface area (TPSA) is 84.7 Å². The van der Waals surface area contributed by atoms with Crippen LogP contribution in [-0.4, -0.2) is 47.8 Å². The zero-order valence-electron chi connectivity index (χ0n) is 15.6. The highest BCUT2D eigenvalue weighted by Crippen LogP contribution is 2.19. The maximum Gasteiger partial charge on any atom is 0.410 e. The number of amides is 2. The molecule has 0 saturated heterocycles. The summed E-state index contributed by atoms with van der Waals surface area (Å²) >= 11 is 0. The summed E-state index contributed by atoms with van der Waals surface area (Å²) < 4.78 is 10.5. The van der Waals surface area contributed by atoms with Crippen molar-refractivity contribution in [2.75, 3.05) is 20.1 Å². The molecular weight excluding hydrogens is 334 g/mol. The first kappa shape index (κ1) is 19.5. The molecule has 0 fully saturated rings. The second-order valence-electron chi connectivity index (χ2n) is 6.95. The number of ether oxygens (including phenoxy) is 1. The van der Waals surface area contributed by atoms with E-state index in [2.05, 4.69) is 10.5 Å². The van der Waals surface area contributed by atoms with Crippen molar-refractivity contribution in [3.63, 3.8) is 0 Å². The van der Waals surface area contributed by atoms with Crippen LogP contribution in [0.1, 0.15) is 37.7 Å². The molecule has 1 N–H and O–H groups in total. The van der Waals surface area contributed by atoms with Crippen molar-refractivity contribution in [3.05, 3.63) is 42.1 Å². The number of aromatic nitrogens is 1. The van der Waals surface area contributed by atoms with Gasteiger partial charge in [0.1, 0.15) is 5.60 Å². The lowest BCUT2D eigenvalue weighted by Gasteiger charge is -2.24. The molecule has 0 bridgehead atoms. The van der Waals surface area contributed by atoms with Crippen LogP contribution in [0, 0.1) is 0 Å². The molecule has 0 spiro atoms. The fraction of sp³-hybridized carbons (Fsp3) is 0.421. The van der Waals surface area contributed by atoms with E-state index in [-0.39, 0.29) is 17.7 Å². The molecule has 26 heavy (non-hydrogen) atoms. The number of carbonyl (C=O) groups excluding carboxylic acids is 2. The largest absolute Gasteiger partial charge is 0.444 e. The summed E-state index contributed by atoms with van der Waals surface area (Å²) in [5, 5.41) is 6.57. The highest BCUT2D eigenvalue weighted by atomic mass is 16.6. The van der Waals surface area contributed by atoms with Gasteiger partial charge >= 0.3 is 6.09 Å². The molecule has 0 saturated carbocycles. The first-order chi connectivity index (χ1) is 12.3. The van der Waals surface area contributed by atoms with Crippen LogP contribution in [-0.2, 0) is 4.74 Å². The molecule has 0 radical (unpaired) electrons. The monoisotopic (exact) mass is 359 g/mol. The van der Waals surface area contributed by atoms with Crippen molar-refractivity contribution in [2.24, 2.45) is 0 Å². The van der Waals surface area contributed by atoms with Crippen LogP contribution in [0.5, 0.6) is 0 Å². The number of carbonyl (C=O) groups is 2. The van der Waals surface area contributed by atoms with Gasteiger partial charge in [0, 0.05) is 31.8 Å². The van der Waals surface area contributed by atoms with Gasteiger partial charge in [0.25, 0.3) is 5.91 Å². The van der Waals surface area contributed by atoms with E-state index in [0.29, 0.717) is 25.3 Å².